The number of nitrogens with one attached hydrogen (secondary N) is 1. The van der Waals surface area contributed by atoms with Crippen LogP contribution in [0.4, 0.5) is 4.79 Å². The van der Waals surface area contributed by atoms with E-state index in [1.807, 2.05) is 59.5 Å². The minimum absolute atomic E-state index is 0.0734. The van der Waals surface area contributed by atoms with Crippen molar-refractivity contribution in [1.82, 2.24) is 24.6 Å². The molecule has 8 heteroatoms. The van der Waals surface area contributed by atoms with Gasteiger partial charge in [-0.25, -0.2) is 18.8 Å². The third-order valence-corrected chi connectivity index (χ3v) is 5.71. The summed E-state index contributed by atoms with van der Waals surface area (Å²) in [5.41, 5.74) is 1.68. The van der Waals surface area contributed by atoms with Gasteiger partial charge in [-0.05, 0) is 42.7 Å². The van der Waals surface area contributed by atoms with Crippen LogP contribution in [-0.4, -0.2) is 45.5 Å². The van der Waals surface area contributed by atoms with Crippen molar-refractivity contribution in [2.75, 3.05) is 20.2 Å². The Hall–Kier alpha value is -3.55. The highest BCUT2D eigenvalue weighted by molar-refractivity contribution is 5.74. The van der Waals surface area contributed by atoms with Gasteiger partial charge in [0.15, 0.2) is 0 Å². The second-order valence-electron chi connectivity index (χ2n) is 7.70. The summed E-state index contributed by atoms with van der Waals surface area (Å²) in [6.45, 7) is 1.72. The van der Waals surface area contributed by atoms with Crippen LogP contribution < -0.4 is 15.7 Å². The predicted octanol–water partition coefficient (Wildman–Crippen LogP) is 2.67. The first kappa shape index (κ1) is 20.7. The van der Waals surface area contributed by atoms with E-state index in [0.29, 0.717) is 19.6 Å². The molecule has 1 aliphatic heterocycles. The third kappa shape index (κ3) is 4.47. The molecule has 0 unspecified atom stereocenters. The van der Waals surface area contributed by atoms with Crippen LogP contribution in [0, 0.1) is 0 Å². The first-order valence-electron chi connectivity index (χ1n) is 10.4. The van der Waals surface area contributed by atoms with Crippen molar-refractivity contribution >= 4 is 6.03 Å². The summed E-state index contributed by atoms with van der Waals surface area (Å²) in [4.78, 5) is 27.1. The number of urea groups is 1. The smallest absolute Gasteiger partial charge is 0.350 e. The molecule has 162 valence electrons. The van der Waals surface area contributed by atoms with E-state index in [4.69, 9.17) is 4.74 Å². The Morgan fingerprint density at radius 3 is 2.42 bits per heavy atom. The second-order valence-corrected chi connectivity index (χ2v) is 7.70. The number of para-hydroxylation sites is 1. The number of rotatable bonds is 5. The van der Waals surface area contributed by atoms with Crippen LogP contribution in [0.3, 0.4) is 0 Å². The average Bonchev–Trinajstić information content (AvgIpc) is 3.12. The Morgan fingerprint density at radius 2 is 1.77 bits per heavy atom. The van der Waals surface area contributed by atoms with Crippen LogP contribution >= 0.6 is 0 Å². The molecule has 3 aromatic rings. The van der Waals surface area contributed by atoms with Gasteiger partial charge < -0.3 is 15.0 Å². The summed E-state index contributed by atoms with van der Waals surface area (Å²) < 4.78 is 8.23. The SMILES string of the molecule is COc1ccc(CNC(=O)N2CCC(c3nn(C)c(=O)n3-c3ccccc3)CC2)cc1. The molecule has 8 nitrogen and oxygen atoms in total. The molecular weight excluding hydrogens is 394 g/mol. The van der Waals surface area contributed by atoms with Crippen LogP contribution in [-0.2, 0) is 13.6 Å². The maximum Gasteiger partial charge on any atom is 0.350 e. The van der Waals surface area contributed by atoms with Crippen LogP contribution in [0.2, 0.25) is 0 Å². The zero-order valence-corrected chi connectivity index (χ0v) is 17.8. The summed E-state index contributed by atoms with van der Waals surface area (Å²) in [5.74, 6) is 1.68. The number of hydrogen-bond acceptors (Lipinski definition) is 4. The van der Waals surface area contributed by atoms with Crippen molar-refractivity contribution in [3.63, 3.8) is 0 Å². The highest BCUT2D eigenvalue weighted by Gasteiger charge is 2.28. The molecule has 0 atom stereocenters. The third-order valence-electron chi connectivity index (χ3n) is 5.71. The molecule has 0 radical (unpaired) electrons. The zero-order valence-electron chi connectivity index (χ0n) is 17.8. The van der Waals surface area contributed by atoms with Gasteiger partial charge in [-0.15, -0.1) is 0 Å². The number of nitrogens with zero attached hydrogens (tertiary/aromatic N) is 4. The monoisotopic (exact) mass is 421 g/mol. The minimum atomic E-state index is -0.152. The number of aromatic nitrogens is 3. The Kier molecular flexibility index (Phi) is 6.06. The number of carbonyl (C=O) groups is 1. The summed E-state index contributed by atoms with van der Waals surface area (Å²) in [7, 11) is 3.30. The molecule has 2 amide bonds. The maximum atomic E-state index is 12.6. The normalized spacial score (nSPS) is 14.5. The van der Waals surface area contributed by atoms with Crippen molar-refractivity contribution in [2.45, 2.75) is 25.3 Å². The number of ether oxygens (including phenoxy) is 1. The number of aryl methyl sites for hydroxylation is 1. The summed E-state index contributed by atoms with van der Waals surface area (Å²) in [5, 5.41) is 7.49. The Bertz CT molecular complexity index is 1080. The van der Waals surface area contributed by atoms with Gasteiger partial charge in [-0.1, -0.05) is 30.3 Å². The van der Waals surface area contributed by atoms with Crippen molar-refractivity contribution in [2.24, 2.45) is 7.05 Å². The van der Waals surface area contributed by atoms with Crippen LogP contribution in [0.25, 0.3) is 5.69 Å². The number of piperidine rings is 1. The fourth-order valence-corrected chi connectivity index (χ4v) is 3.94. The van der Waals surface area contributed by atoms with Crippen molar-refractivity contribution in [3.8, 4) is 11.4 Å². The van der Waals surface area contributed by atoms with Gasteiger partial charge in [-0.2, -0.15) is 5.10 Å². The number of carbonyl (C=O) groups excluding carboxylic acids is 1. The van der Waals surface area contributed by atoms with Gasteiger partial charge in [0.1, 0.15) is 11.6 Å². The van der Waals surface area contributed by atoms with Gasteiger partial charge in [0.2, 0.25) is 0 Å². The quantitative estimate of drug-likeness (QED) is 0.687. The molecule has 2 aromatic carbocycles. The van der Waals surface area contributed by atoms with E-state index in [-0.39, 0.29) is 17.6 Å². The molecule has 1 aromatic heterocycles. The number of likely N-dealkylation sites (tertiary alicyclic amines) is 1. The summed E-state index contributed by atoms with van der Waals surface area (Å²) in [6, 6.07) is 17.1. The molecule has 0 spiro atoms. The van der Waals surface area contributed by atoms with Crippen LogP contribution in [0.1, 0.15) is 30.1 Å². The Labute approximate surface area is 181 Å². The standard InChI is InChI=1S/C23H27N5O3/c1-26-23(30)28(19-6-4-3-5-7-19)21(25-26)18-12-14-27(15-13-18)22(29)24-16-17-8-10-20(31-2)11-9-17/h3-11,18H,12-16H2,1-2H3,(H,24,29). The van der Waals surface area contributed by atoms with Gasteiger partial charge in [0, 0.05) is 32.6 Å². The van der Waals surface area contributed by atoms with E-state index >= 15 is 0 Å². The van der Waals surface area contributed by atoms with E-state index < -0.39 is 0 Å². The van der Waals surface area contributed by atoms with E-state index in [9.17, 15) is 9.59 Å². The van der Waals surface area contributed by atoms with Gasteiger partial charge >= 0.3 is 11.7 Å². The van der Waals surface area contributed by atoms with Crippen molar-refractivity contribution < 1.29 is 9.53 Å². The highest BCUT2D eigenvalue weighted by Crippen LogP contribution is 2.27. The first-order valence-corrected chi connectivity index (χ1v) is 10.4. The lowest BCUT2D eigenvalue weighted by Gasteiger charge is -2.31. The summed E-state index contributed by atoms with van der Waals surface area (Å²) >= 11 is 0. The predicted molar refractivity (Wildman–Crippen MR) is 118 cm³/mol. The van der Waals surface area contributed by atoms with Crippen LogP contribution in [0.15, 0.2) is 59.4 Å². The van der Waals surface area contributed by atoms with E-state index in [1.165, 1.54) is 4.68 Å². The van der Waals surface area contributed by atoms with Crippen molar-refractivity contribution in [1.29, 1.82) is 0 Å². The van der Waals surface area contributed by atoms with Crippen molar-refractivity contribution in [3.05, 3.63) is 76.5 Å². The van der Waals surface area contributed by atoms with Gasteiger partial charge in [0.05, 0.1) is 12.8 Å². The van der Waals surface area contributed by atoms with Gasteiger partial charge in [0.25, 0.3) is 0 Å². The molecular formula is C23H27N5O3. The topological polar surface area (TPSA) is 81.4 Å². The Balaban J connectivity index is 1.38. The molecule has 1 saturated heterocycles. The largest absolute Gasteiger partial charge is 0.497 e. The lowest BCUT2D eigenvalue weighted by atomic mass is 9.96. The molecule has 1 fully saturated rings. The number of amides is 2. The first-order chi connectivity index (χ1) is 15.1. The molecule has 4 rings (SSSR count). The number of benzene rings is 2. The second kappa shape index (κ2) is 9.07. The average molecular weight is 422 g/mol. The molecule has 0 bridgehead atoms. The Morgan fingerprint density at radius 1 is 1.10 bits per heavy atom. The molecule has 31 heavy (non-hydrogen) atoms. The lowest BCUT2D eigenvalue weighted by Crippen LogP contribution is -2.44. The van der Waals surface area contributed by atoms with Gasteiger partial charge in [-0.3, -0.25) is 0 Å². The fraction of sp³-hybridized carbons (Fsp3) is 0.348. The number of hydrogen-bond donors (Lipinski definition) is 1. The molecule has 2 heterocycles. The van der Waals surface area contributed by atoms with E-state index in [2.05, 4.69) is 10.4 Å². The van der Waals surface area contributed by atoms with E-state index in [1.54, 1.807) is 18.7 Å². The zero-order chi connectivity index (χ0) is 21.8. The maximum absolute atomic E-state index is 12.6. The fourth-order valence-electron chi connectivity index (χ4n) is 3.94. The minimum Gasteiger partial charge on any atom is -0.497 e. The van der Waals surface area contributed by atoms with E-state index in [0.717, 1.165) is 35.7 Å². The lowest BCUT2D eigenvalue weighted by molar-refractivity contribution is 0.179. The van der Waals surface area contributed by atoms with Crippen LogP contribution in [0.5, 0.6) is 5.75 Å². The molecule has 0 saturated carbocycles. The molecule has 0 aliphatic carbocycles. The molecule has 1 aliphatic rings. The highest BCUT2D eigenvalue weighted by atomic mass is 16.5. The summed E-state index contributed by atoms with van der Waals surface area (Å²) in [6.07, 6.45) is 1.53. The molecule has 1 N–H and O–H groups in total. The number of methoxy groups -OCH3 is 1.